The highest BCUT2D eigenvalue weighted by molar-refractivity contribution is 5.76. The summed E-state index contributed by atoms with van der Waals surface area (Å²) >= 11 is 0. The van der Waals surface area contributed by atoms with Crippen molar-refractivity contribution in [2.45, 2.75) is 45.4 Å². The quantitative estimate of drug-likeness (QED) is 0.606. The SMILES string of the molecule is CCCCCCCc1nc2ccc(N)cc2o1. The maximum atomic E-state index is 5.70. The monoisotopic (exact) mass is 232 g/mol. The van der Waals surface area contributed by atoms with Crippen molar-refractivity contribution in [3.05, 3.63) is 24.1 Å². The van der Waals surface area contributed by atoms with Gasteiger partial charge in [0.25, 0.3) is 0 Å². The number of oxazole rings is 1. The number of fused-ring (bicyclic) bond motifs is 1. The van der Waals surface area contributed by atoms with Crippen molar-refractivity contribution >= 4 is 16.8 Å². The minimum absolute atomic E-state index is 0.725. The molecule has 0 aliphatic heterocycles. The summed E-state index contributed by atoms with van der Waals surface area (Å²) in [5.74, 6) is 0.835. The molecule has 0 unspecified atom stereocenters. The van der Waals surface area contributed by atoms with Crippen molar-refractivity contribution in [3.63, 3.8) is 0 Å². The van der Waals surface area contributed by atoms with Crippen LogP contribution in [0.25, 0.3) is 11.1 Å². The lowest BCUT2D eigenvalue weighted by atomic mass is 10.1. The highest BCUT2D eigenvalue weighted by atomic mass is 16.3. The normalized spacial score (nSPS) is 11.1. The number of hydrogen-bond acceptors (Lipinski definition) is 3. The molecule has 0 spiro atoms. The Morgan fingerprint density at radius 3 is 2.82 bits per heavy atom. The zero-order chi connectivity index (χ0) is 12.1. The van der Waals surface area contributed by atoms with Gasteiger partial charge < -0.3 is 10.2 Å². The first-order valence-electron chi connectivity index (χ1n) is 6.44. The first-order valence-corrected chi connectivity index (χ1v) is 6.44. The van der Waals surface area contributed by atoms with Gasteiger partial charge in [0.2, 0.25) is 0 Å². The van der Waals surface area contributed by atoms with Crippen LogP contribution in [0.4, 0.5) is 5.69 Å². The summed E-state index contributed by atoms with van der Waals surface area (Å²) in [5.41, 5.74) is 8.13. The van der Waals surface area contributed by atoms with E-state index in [1.165, 1.54) is 25.7 Å². The lowest BCUT2D eigenvalue weighted by molar-refractivity contribution is 0.507. The van der Waals surface area contributed by atoms with Crippen molar-refractivity contribution < 1.29 is 4.42 Å². The fourth-order valence-corrected chi connectivity index (χ4v) is 1.98. The van der Waals surface area contributed by atoms with E-state index in [1.54, 1.807) is 0 Å². The zero-order valence-corrected chi connectivity index (χ0v) is 10.4. The van der Waals surface area contributed by atoms with Gasteiger partial charge in [0, 0.05) is 18.2 Å². The van der Waals surface area contributed by atoms with Crippen LogP contribution in [0.1, 0.15) is 44.9 Å². The molecule has 2 N–H and O–H groups in total. The van der Waals surface area contributed by atoms with Gasteiger partial charge in [0.15, 0.2) is 11.5 Å². The van der Waals surface area contributed by atoms with Gasteiger partial charge in [-0.25, -0.2) is 4.98 Å². The maximum Gasteiger partial charge on any atom is 0.195 e. The molecule has 0 atom stereocenters. The Hall–Kier alpha value is -1.51. The van der Waals surface area contributed by atoms with E-state index in [0.29, 0.717) is 0 Å². The van der Waals surface area contributed by atoms with Gasteiger partial charge in [-0.15, -0.1) is 0 Å². The summed E-state index contributed by atoms with van der Waals surface area (Å²) in [4.78, 5) is 4.45. The molecule has 0 bridgehead atoms. The van der Waals surface area contributed by atoms with Gasteiger partial charge in [-0.3, -0.25) is 0 Å². The average Bonchev–Trinajstić information content (AvgIpc) is 2.70. The number of nitrogen functional groups attached to an aromatic ring is 1. The molecule has 0 saturated heterocycles. The summed E-state index contributed by atoms with van der Waals surface area (Å²) in [7, 11) is 0. The lowest BCUT2D eigenvalue weighted by Gasteiger charge is -1.96. The van der Waals surface area contributed by atoms with Crippen LogP contribution in [0.15, 0.2) is 22.6 Å². The minimum atomic E-state index is 0.725. The third-order valence-corrected chi connectivity index (χ3v) is 2.95. The highest BCUT2D eigenvalue weighted by Gasteiger charge is 2.05. The van der Waals surface area contributed by atoms with Crippen molar-refractivity contribution in [1.29, 1.82) is 0 Å². The second-order valence-electron chi connectivity index (χ2n) is 4.50. The largest absolute Gasteiger partial charge is 0.441 e. The summed E-state index contributed by atoms with van der Waals surface area (Å²) in [6.45, 7) is 2.23. The van der Waals surface area contributed by atoms with Crippen LogP contribution in [0.3, 0.4) is 0 Å². The van der Waals surface area contributed by atoms with Gasteiger partial charge >= 0.3 is 0 Å². The number of hydrogen-bond donors (Lipinski definition) is 1. The Morgan fingerprint density at radius 1 is 1.18 bits per heavy atom. The summed E-state index contributed by atoms with van der Waals surface area (Å²) < 4.78 is 5.66. The van der Waals surface area contributed by atoms with E-state index in [0.717, 1.165) is 35.5 Å². The van der Waals surface area contributed by atoms with Gasteiger partial charge in [-0.2, -0.15) is 0 Å². The molecule has 17 heavy (non-hydrogen) atoms. The summed E-state index contributed by atoms with van der Waals surface area (Å²) in [6.07, 6.45) is 7.26. The van der Waals surface area contributed by atoms with Crippen molar-refractivity contribution in [1.82, 2.24) is 4.98 Å². The van der Waals surface area contributed by atoms with Crippen LogP contribution < -0.4 is 5.73 Å². The Labute approximate surface area is 102 Å². The molecule has 2 rings (SSSR count). The van der Waals surface area contributed by atoms with E-state index >= 15 is 0 Å². The number of unbranched alkanes of at least 4 members (excludes halogenated alkanes) is 4. The number of benzene rings is 1. The number of nitrogens with two attached hydrogens (primary N) is 1. The van der Waals surface area contributed by atoms with Crippen LogP contribution >= 0.6 is 0 Å². The fourth-order valence-electron chi connectivity index (χ4n) is 1.98. The number of aromatic nitrogens is 1. The van der Waals surface area contributed by atoms with Crippen LogP contribution in [-0.2, 0) is 6.42 Å². The van der Waals surface area contributed by atoms with Gasteiger partial charge in [-0.1, -0.05) is 32.6 Å². The van der Waals surface area contributed by atoms with Crippen LogP contribution in [-0.4, -0.2) is 4.98 Å². The third kappa shape index (κ3) is 3.22. The number of nitrogens with zero attached hydrogens (tertiary/aromatic N) is 1. The first-order chi connectivity index (χ1) is 8.29. The van der Waals surface area contributed by atoms with E-state index < -0.39 is 0 Å². The van der Waals surface area contributed by atoms with E-state index in [9.17, 15) is 0 Å². The third-order valence-electron chi connectivity index (χ3n) is 2.95. The molecular formula is C14H20N2O. The van der Waals surface area contributed by atoms with Crippen LogP contribution in [0.2, 0.25) is 0 Å². The molecule has 3 nitrogen and oxygen atoms in total. The van der Waals surface area contributed by atoms with Crippen molar-refractivity contribution in [2.24, 2.45) is 0 Å². The van der Waals surface area contributed by atoms with Crippen LogP contribution in [0, 0.1) is 0 Å². The molecule has 0 radical (unpaired) electrons. The van der Waals surface area contributed by atoms with E-state index in [-0.39, 0.29) is 0 Å². The lowest BCUT2D eigenvalue weighted by Crippen LogP contribution is -1.85. The molecule has 0 saturated carbocycles. The molecule has 2 aromatic rings. The molecule has 3 heteroatoms. The topological polar surface area (TPSA) is 52.0 Å². The summed E-state index contributed by atoms with van der Waals surface area (Å²) in [5, 5.41) is 0. The zero-order valence-electron chi connectivity index (χ0n) is 10.4. The molecule has 0 amide bonds. The van der Waals surface area contributed by atoms with Crippen LogP contribution in [0.5, 0.6) is 0 Å². The second kappa shape index (κ2) is 5.71. The number of aryl methyl sites for hydroxylation is 1. The van der Waals surface area contributed by atoms with Gasteiger partial charge in [-0.05, 0) is 18.6 Å². The predicted octanol–water partition coefficient (Wildman–Crippen LogP) is 3.92. The number of rotatable bonds is 6. The van der Waals surface area contributed by atoms with Crippen molar-refractivity contribution in [2.75, 3.05) is 5.73 Å². The van der Waals surface area contributed by atoms with E-state index in [2.05, 4.69) is 11.9 Å². The Balaban J connectivity index is 1.91. The molecular weight excluding hydrogens is 212 g/mol. The standard InChI is InChI=1S/C14H20N2O/c1-2-3-4-5-6-7-14-16-12-9-8-11(15)10-13(12)17-14/h8-10H,2-7,15H2,1H3. The Morgan fingerprint density at radius 2 is 2.00 bits per heavy atom. The molecule has 1 heterocycles. The smallest absolute Gasteiger partial charge is 0.195 e. The van der Waals surface area contributed by atoms with Gasteiger partial charge in [0.05, 0.1) is 0 Å². The molecule has 0 aliphatic carbocycles. The summed E-state index contributed by atoms with van der Waals surface area (Å²) in [6, 6.07) is 5.60. The maximum absolute atomic E-state index is 5.70. The molecule has 92 valence electrons. The second-order valence-corrected chi connectivity index (χ2v) is 4.50. The van der Waals surface area contributed by atoms with E-state index in [1.807, 2.05) is 18.2 Å². The highest BCUT2D eigenvalue weighted by Crippen LogP contribution is 2.19. The van der Waals surface area contributed by atoms with Gasteiger partial charge in [0.1, 0.15) is 5.52 Å². The fraction of sp³-hybridized carbons (Fsp3) is 0.500. The number of anilines is 1. The molecule has 1 aromatic carbocycles. The molecule has 0 aliphatic rings. The Bertz CT molecular complexity index is 476. The first kappa shape index (κ1) is 12.0. The Kier molecular flexibility index (Phi) is 4.02. The van der Waals surface area contributed by atoms with Crippen molar-refractivity contribution in [3.8, 4) is 0 Å². The minimum Gasteiger partial charge on any atom is -0.441 e. The molecule has 0 fully saturated rings. The van der Waals surface area contributed by atoms with E-state index in [4.69, 9.17) is 10.2 Å². The molecule has 1 aromatic heterocycles. The predicted molar refractivity (Wildman–Crippen MR) is 70.9 cm³/mol. The average molecular weight is 232 g/mol.